The number of fused-ring (bicyclic) bond motifs is 3. The summed E-state index contributed by atoms with van der Waals surface area (Å²) in [5.41, 5.74) is 1.17. The normalized spacial score (nSPS) is 30.8. The van der Waals surface area contributed by atoms with Crippen molar-refractivity contribution in [1.29, 1.82) is 0 Å². The summed E-state index contributed by atoms with van der Waals surface area (Å²) >= 11 is 0. The van der Waals surface area contributed by atoms with E-state index in [0.29, 0.717) is 17.5 Å². The van der Waals surface area contributed by atoms with Crippen LogP contribution in [0, 0.1) is 17.3 Å². The zero-order valence-corrected chi connectivity index (χ0v) is 24.2. The number of nitrogens with zero attached hydrogens (tertiary/aromatic N) is 1. The van der Waals surface area contributed by atoms with E-state index in [1.54, 1.807) is 12.1 Å². The first-order valence-corrected chi connectivity index (χ1v) is 13.4. The number of aromatic hydroxyl groups is 1. The topological polar surface area (TPSA) is 182 Å². The standard InChI is InChI=1S/C30H40N2O8/c1-28(2,3)11-13-12-9-10-14(29(4,5)6)21(33)16(12)22(34)17-15(13)23(35)19-20(32(7)8)24(36)18(27(31)39)26(38)30(19,40)25(17)37/h9-10,13,15,19-20,23,33,35-37,40H,11H2,1-8H3,(H2,31,39). The van der Waals surface area contributed by atoms with Gasteiger partial charge in [0.05, 0.1) is 23.6 Å². The number of aliphatic hydroxyl groups is 4. The van der Waals surface area contributed by atoms with Crippen LogP contribution in [0.3, 0.4) is 0 Å². The molecule has 4 rings (SSSR count). The highest BCUT2D eigenvalue weighted by molar-refractivity contribution is 6.25. The molecule has 3 aliphatic carbocycles. The van der Waals surface area contributed by atoms with Gasteiger partial charge in [0.2, 0.25) is 5.78 Å². The van der Waals surface area contributed by atoms with Gasteiger partial charge in [0, 0.05) is 17.1 Å². The van der Waals surface area contributed by atoms with E-state index in [1.165, 1.54) is 19.0 Å². The quantitative estimate of drug-likeness (QED) is 0.305. The van der Waals surface area contributed by atoms with Crippen LogP contribution in [0.4, 0.5) is 0 Å². The lowest BCUT2D eigenvalue weighted by Gasteiger charge is -2.54. The van der Waals surface area contributed by atoms with Gasteiger partial charge in [0.25, 0.3) is 5.91 Å². The van der Waals surface area contributed by atoms with Gasteiger partial charge in [-0.1, -0.05) is 53.7 Å². The minimum Gasteiger partial charge on any atom is -0.510 e. The molecule has 6 atom stereocenters. The van der Waals surface area contributed by atoms with Crippen LogP contribution in [0.15, 0.2) is 34.8 Å². The van der Waals surface area contributed by atoms with Crippen LogP contribution >= 0.6 is 0 Å². The van der Waals surface area contributed by atoms with Gasteiger partial charge in [-0.05, 0) is 42.8 Å². The number of carbonyl (C=O) groups excluding carboxylic acids is 3. The van der Waals surface area contributed by atoms with E-state index in [9.17, 15) is 39.9 Å². The fourth-order valence-electron chi connectivity index (χ4n) is 6.95. The largest absolute Gasteiger partial charge is 0.510 e. The number of phenols is 1. The number of hydrogen-bond donors (Lipinski definition) is 6. The van der Waals surface area contributed by atoms with E-state index in [1.807, 2.05) is 41.5 Å². The maximum atomic E-state index is 14.2. The third kappa shape index (κ3) is 4.07. The summed E-state index contributed by atoms with van der Waals surface area (Å²) in [4.78, 5) is 41.4. The first-order chi connectivity index (χ1) is 18.2. The van der Waals surface area contributed by atoms with Gasteiger partial charge in [-0.15, -0.1) is 0 Å². The van der Waals surface area contributed by atoms with Gasteiger partial charge in [-0.25, -0.2) is 0 Å². The third-order valence-electron chi connectivity index (χ3n) is 8.58. The number of aliphatic hydroxyl groups excluding tert-OH is 3. The lowest BCUT2D eigenvalue weighted by molar-refractivity contribution is -0.162. The van der Waals surface area contributed by atoms with Crippen molar-refractivity contribution < 1.29 is 39.9 Å². The van der Waals surface area contributed by atoms with E-state index in [-0.39, 0.29) is 16.7 Å². The maximum absolute atomic E-state index is 14.2. The summed E-state index contributed by atoms with van der Waals surface area (Å²) in [6.45, 7) is 11.5. The average molecular weight is 557 g/mol. The minimum atomic E-state index is -2.94. The second-order valence-corrected chi connectivity index (χ2v) is 13.8. The zero-order valence-electron chi connectivity index (χ0n) is 24.2. The monoisotopic (exact) mass is 556 g/mol. The number of primary amides is 1. The molecule has 3 aliphatic rings. The van der Waals surface area contributed by atoms with Crippen LogP contribution in [0.1, 0.15) is 75.4 Å². The molecule has 7 N–H and O–H groups in total. The molecular formula is C30H40N2O8. The van der Waals surface area contributed by atoms with Crippen molar-refractivity contribution in [3.05, 3.63) is 51.5 Å². The van der Waals surface area contributed by atoms with Crippen LogP contribution in [0.25, 0.3) is 0 Å². The van der Waals surface area contributed by atoms with Crippen molar-refractivity contribution in [2.24, 2.45) is 23.0 Å². The highest BCUT2D eigenvalue weighted by Gasteiger charge is 2.67. The van der Waals surface area contributed by atoms with Crippen LogP contribution in [0.5, 0.6) is 5.75 Å². The Morgan fingerprint density at radius 2 is 1.62 bits per heavy atom. The van der Waals surface area contributed by atoms with Gasteiger partial charge in [-0.2, -0.15) is 0 Å². The Bertz CT molecular complexity index is 1380. The number of amides is 1. The molecule has 40 heavy (non-hydrogen) atoms. The predicted octanol–water partition coefficient (Wildman–Crippen LogP) is 2.37. The minimum absolute atomic E-state index is 0.0605. The predicted molar refractivity (Wildman–Crippen MR) is 147 cm³/mol. The molecule has 10 heteroatoms. The number of likely N-dealkylation sites (N-methyl/N-ethyl adjacent to an activating group) is 1. The lowest BCUT2D eigenvalue weighted by atomic mass is 9.53. The summed E-state index contributed by atoms with van der Waals surface area (Å²) in [6, 6.07) is 2.20. The van der Waals surface area contributed by atoms with Crippen LogP contribution < -0.4 is 5.73 Å². The van der Waals surface area contributed by atoms with Crippen molar-refractivity contribution >= 4 is 17.5 Å². The molecule has 10 nitrogen and oxygen atoms in total. The van der Waals surface area contributed by atoms with E-state index >= 15 is 0 Å². The van der Waals surface area contributed by atoms with Crippen molar-refractivity contribution in [2.75, 3.05) is 14.1 Å². The number of nitrogens with two attached hydrogens (primary N) is 1. The third-order valence-corrected chi connectivity index (χ3v) is 8.58. The Kier molecular flexibility index (Phi) is 6.81. The van der Waals surface area contributed by atoms with Crippen molar-refractivity contribution in [3.63, 3.8) is 0 Å². The number of carbonyl (C=O) groups is 3. The molecule has 218 valence electrons. The highest BCUT2D eigenvalue weighted by atomic mass is 16.4. The molecule has 0 saturated carbocycles. The highest BCUT2D eigenvalue weighted by Crippen LogP contribution is 2.58. The zero-order chi connectivity index (χ0) is 30.4. The molecule has 1 amide bonds. The molecule has 1 aromatic carbocycles. The summed E-state index contributed by atoms with van der Waals surface area (Å²) in [6.07, 6.45) is -1.22. The maximum Gasteiger partial charge on any atom is 0.255 e. The van der Waals surface area contributed by atoms with Gasteiger partial charge in [-0.3, -0.25) is 19.3 Å². The Hall–Kier alpha value is -3.21. The Balaban J connectivity index is 2.11. The van der Waals surface area contributed by atoms with Crippen molar-refractivity contribution in [3.8, 4) is 5.75 Å². The van der Waals surface area contributed by atoms with E-state index in [2.05, 4.69) is 0 Å². The molecule has 0 saturated heterocycles. The van der Waals surface area contributed by atoms with Gasteiger partial charge in [0.1, 0.15) is 22.8 Å². The summed E-state index contributed by atoms with van der Waals surface area (Å²) < 4.78 is 0. The number of rotatable bonds is 3. The Morgan fingerprint density at radius 1 is 1.05 bits per heavy atom. The van der Waals surface area contributed by atoms with E-state index < -0.39 is 81.1 Å². The number of hydrogen-bond acceptors (Lipinski definition) is 9. The van der Waals surface area contributed by atoms with Crippen LogP contribution in [-0.4, -0.2) is 79.7 Å². The lowest BCUT2D eigenvalue weighted by Crippen LogP contribution is -2.68. The smallest absolute Gasteiger partial charge is 0.255 e. The molecular weight excluding hydrogens is 516 g/mol. The van der Waals surface area contributed by atoms with Crippen LogP contribution in [-0.2, 0) is 15.0 Å². The van der Waals surface area contributed by atoms with Gasteiger partial charge in [0.15, 0.2) is 11.4 Å². The molecule has 1 aromatic rings. The number of benzene rings is 1. The fourth-order valence-corrected chi connectivity index (χ4v) is 6.95. The summed E-state index contributed by atoms with van der Waals surface area (Å²) in [5.74, 6) is -8.82. The van der Waals surface area contributed by atoms with E-state index in [0.717, 1.165) is 0 Å². The first kappa shape index (κ1) is 29.8. The average Bonchev–Trinajstić information content (AvgIpc) is 2.78. The SMILES string of the molecule is CN(C)C1C(O)=C(C(N)=O)C(=O)C2(O)C(O)=C3C(=O)c4c(ccc(C(C)(C)C)c4O)C(CC(C)(C)C)C3C(O)C12. The Labute approximate surface area is 233 Å². The molecule has 0 fully saturated rings. The molecule has 0 aliphatic heterocycles. The molecule has 0 radical (unpaired) electrons. The Morgan fingerprint density at radius 3 is 2.10 bits per heavy atom. The molecule has 0 bridgehead atoms. The molecule has 6 unspecified atom stereocenters. The van der Waals surface area contributed by atoms with Gasteiger partial charge < -0.3 is 31.3 Å². The molecule has 0 heterocycles. The second-order valence-electron chi connectivity index (χ2n) is 13.8. The van der Waals surface area contributed by atoms with Crippen molar-refractivity contribution in [2.45, 2.75) is 77.0 Å². The number of Topliss-reactive ketones (excluding diaryl/α,β-unsaturated/α-hetero) is 2. The number of ketones is 2. The summed E-state index contributed by atoms with van der Waals surface area (Å²) in [7, 11) is 3.03. The van der Waals surface area contributed by atoms with Crippen molar-refractivity contribution in [1.82, 2.24) is 4.90 Å². The van der Waals surface area contributed by atoms with Gasteiger partial charge >= 0.3 is 0 Å². The van der Waals surface area contributed by atoms with E-state index in [4.69, 9.17) is 5.73 Å². The molecule has 0 aromatic heterocycles. The fraction of sp³-hybridized carbons (Fsp3) is 0.567. The van der Waals surface area contributed by atoms with Crippen LogP contribution in [0.2, 0.25) is 0 Å². The summed E-state index contributed by atoms with van der Waals surface area (Å²) in [5, 5.41) is 58.0. The first-order valence-electron chi connectivity index (χ1n) is 13.4. The molecule has 0 spiro atoms. The number of phenolic OH excluding ortho intramolecular Hbond substituents is 1. The second kappa shape index (κ2) is 9.15.